The fourth-order valence-corrected chi connectivity index (χ4v) is 7.08. The normalized spacial score (nSPS) is 19.2. The number of likely N-dealkylation sites (tertiary alicyclic amines) is 1. The zero-order valence-electron chi connectivity index (χ0n) is 34.1. The summed E-state index contributed by atoms with van der Waals surface area (Å²) in [5.74, 6) is -5.03. The van der Waals surface area contributed by atoms with Crippen LogP contribution in [-0.2, 0) is 56.0 Å². The predicted octanol–water partition coefficient (Wildman–Crippen LogP) is 2.30. The highest BCUT2D eigenvalue weighted by Gasteiger charge is 2.46. The van der Waals surface area contributed by atoms with Crippen LogP contribution in [0.1, 0.15) is 104 Å². The molecule has 0 radical (unpaired) electrons. The molecule has 0 bridgehead atoms. The first-order chi connectivity index (χ1) is 27.1. The number of methoxy groups -OCH3 is 1. The van der Waals surface area contributed by atoms with Crippen molar-refractivity contribution in [3.05, 3.63) is 35.4 Å². The fraction of sp³-hybridized carbons (Fsp3) is 0.659. The monoisotopic (exact) mass is 796 g/mol. The van der Waals surface area contributed by atoms with Crippen molar-refractivity contribution in [1.82, 2.24) is 31.1 Å². The van der Waals surface area contributed by atoms with Gasteiger partial charge in [-0.1, -0.05) is 65.3 Å². The van der Waals surface area contributed by atoms with Gasteiger partial charge in [0.25, 0.3) is 5.91 Å². The van der Waals surface area contributed by atoms with E-state index < -0.39 is 71.7 Å². The van der Waals surface area contributed by atoms with Gasteiger partial charge in [-0.05, 0) is 61.5 Å². The lowest BCUT2D eigenvalue weighted by atomic mass is 9.98. The molecule has 0 aromatic heterocycles. The summed E-state index contributed by atoms with van der Waals surface area (Å²) in [6, 6.07) is 3.30. The number of ether oxygens (including phenoxy) is 2. The molecule has 1 aromatic rings. The van der Waals surface area contributed by atoms with Gasteiger partial charge in [-0.25, -0.2) is 4.79 Å². The van der Waals surface area contributed by atoms with Crippen molar-refractivity contribution < 1.29 is 47.8 Å². The van der Waals surface area contributed by atoms with Crippen molar-refractivity contribution in [2.75, 3.05) is 20.2 Å². The number of Topliss-reactive ketones (excluding diaryl/α,β-unsaturated/α-hetero) is 1. The molecule has 5 atom stereocenters. The van der Waals surface area contributed by atoms with Crippen LogP contribution < -0.4 is 21.3 Å². The summed E-state index contributed by atoms with van der Waals surface area (Å²) < 4.78 is 10.6. The number of fused-ring (bicyclic) bond motifs is 1. The number of unbranched alkanes of at least 4 members (excludes halogenated alkanes) is 1. The van der Waals surface area contributed by atoms with Crippen molar-refractivity contribution in [3.8, 4) is 0 Å². The predicted molar refractivity (Wildman–Crippen MR) is 208 cm³/mol. The van der Waals surface area contributed by atoms with E-state index in [1.807, 2.05) is 31.2 Å². The number of carbonyl (C=O) groups is 8. The van der Waals surface area contributed by atoms with Crippen LogP contribution in [0.3, 0.4) is 0 Å². The average molecular weight is 797 g/mol. The molecule has 1 aromatic carbocycles. The number of nitrogens with one attached hydrogen (secondary N) is 4. The van der Waals surface area contributed by atoms with Crippen LogP contribution in [0.4, 0.5) is 4.79 Å². The van der Waals surface area contributed by atoms with Crippen LogP contribution in [0, 0.1) is 11.8 Å². The van der Waals surface area contributed by atoms with Gasteiger partial charge in [-0.15, -0.1) is 0 Å². The van der Waals surface area contributed by atoms with E-state index >= 15 is 0 Å². The molecule has 0 spiro atoms. The molecule has 16 heteroatoms. The molecule has 6 amide bonds. The molecule has 314 valence electrons. The molecule has 2 fully saturated rings. The van der Waals surface area contributed by atoms with Crippen LogP contribution in [-0.4, -0.2) is 114 Å². The summed E-state index contributed by atoms with van der Waals surface area (Å²) in [7, 11) is 1.29. The molecular weight excluding hydrogens is 736 g/mol. The minimum atomic E-state index is -1.19. The molecule has 4 N–H and O–H groups in total. The van der Waals surface area contributed by atoms with Gasteiger partial charge in [0.05, 0.1) is 19.7 Å². The van der Waals surface area contributed by atoms with E-state index in [-0.39, 0.29) is 56.1 Å². The summed E-state index contributed by atoms with van der Waals surface area (Å²) in [5.41, 5.74) is 2.15. The minimum Gasteiger partial charge on any atom is -0.469 e. The van der Waals surface area contributed by atoms with E-state index in [1.165, 1.54) is 12.0 Å². The number of amides is 6. The highest BCUT2D eigenvalue weighted by molar-refractivity contribution is 6.38. The van der Waals surface area contributed by atoms with Gasteiger partial charge >= 0.3 is 12.1 Å². The van der Waals surface area contributed by atoms with Crippen LogP contribution in [0.25, 0.3) is 0 Å². The minimum absolute atomic E-state index is 0.0592. The van der Waals surface area contributed by atoms with Crippen molar-refractivity contribution in [2.45, 2.75) is 142 Å². The van der Waals surface area contributed by atoms with E-state index in [2.05, 4.69) is 26.0 Å². The molecule has 1 saturated heterocycles. The number of ketones is 1. The lowest BCUT2D eigenvalue weighted by Gasteiger charge is -2.32. The van der Waals surface area contributed by atoms with E-state index in [9.17, 15) is 38.4 Å². The number of hydrogen-bond donors (Lipinski definition) is 4. The second-order valence-corrected chi connectivity index (χ2v) is 16.0. The van der Waals surface area contributed by atoms with Gasteiger partial charge in [-0.2, -0.15) is 0 Å². The fourth-order valence-electron chi connectivity index (χ4n) is 7.08. The van der Waals surface area contributed by atoms with Crippen LogP contribution in [0.2, 0.25) is 0 Å². The number of esters is 1. The highest BCUT2D eigenvalue weighted by Crippen LogP contribution is 2.26. The molecule has 4 rings (SSSR count). The first-order valence-corrected chi connectivity index (χ1v) is 20.3. The van der Waals surface area contributed by atoms with Crippen molar-refractivity contribution >= 4 is 47.4 Å². The van der Waals surface area contributed by atoms with Crippen LogP contribution in [0.15, 0.2) is 24.3 Å². The molecule has 3 aliphatic rings. The molecular formula is C41H60N6O10. The Bertz CT molecular complexity index is 1640. The topological polar surface area (TPSA) is 210 Å². The maximum absolute atomic E-state index is 14.5. The zero-order valence-corrected chi connectivity index (χ0v) is 34.1. The second kappa shape index (κ2) is 20.9. The van der Waals surface area contributed by atoms with Crippen molar-refractivity contribution in [2.24, 2.45) is 11.8 Å². The van der Waals surface area contributed by atoms with Gasteiger partial charge in [0.2, 0.25) is 29.4 Å². The Labute approximate surface area is 334 Å². The van der Waals surface area contributed by atoms with Gasteiger partial charge in [0.1, 0.15) is 24.2 Å². The number of carbonyl (C=O) groups excluding carboxylic acids is 8. The summed E-state index contributed by atoms with van der Waals surface area (Å²) >= 11 is 0. The van der Waals surface area contributed by atoms with E-state index in [1.54, 1.807) is 32.6 Å². The summed E-state index contributed by atoms with van der Waals surface area (Å²) in [6.07, 6.45) is 2.44. The van der Waals surface area contributed by atoms with Crippen LogP contribution >= 0.6 is 0 Å². The third-order valence-electron chi connectivity index (χ3n) is 10.6. The third kappa shape index (κ3) is 12.7. The number of benzene rings is 1. The molecule has 2 heterocycles. The quantitative estimate of drug-likeness (QED) is 0.0913. The van der Waals surface area contributed by atoms with Gasteiger partial charge < -0.3 is 40.5 Å². The second-order valence-electron chi connectivity index (χ2n) is 16.0. The first-order valence-electron chi connectivity index (χ1n) is 20.3. The van der Waals surface area contributed by atoms with Gasteiger partial charge in [-0.3, -0.25) is 33.6 Å². The van der Waals surface area contributed by atoms with Crippen molar-refractivity contribution in [3.63, 3.8) is 0 Å². The summed E-state index contributed by atoms with van der Waals surface area (Å²) in [6.45, 7) is 9.43. The molecule has 1 unspecified atom stereocenters. The van der Waals surface area contributed by atoms with E-state index in [0.717, 1.165) is 24.0 Å². The summed E-state index contributed by atoms with van der Waals surface area (Å²) in [5, 5.41) is 10.9. The largest absolute Gasteiger partial charge is 0.469 e. The Hall–Kier alpha value is -5.02. The Morgan fingerprint density at radius 2 is 1.53 bits per heavy atom. The first kappa shape index (κ1) is 44.7. The molecule has 2 aliphatic heterocycles. The molecule has 1 saturated carbocycles. The highest BCUT2D eigenvalue weighted by atomic mass is 16.6. The average Bonchev–Trinajstić information content (AvgIpc) is 3.90. The lowest BCUT2D eigenvalue weighted by Crippen LogP contribution is -2.59. The third-order valence-corrected chi connectivity index (χ3v) is 10.6. The summed E-state index contributed by atoms with van der Waals surface area (Å²) in [4.78, 5) is 109. The smallest absolute Gasteiger partial charge is 0.410 e. The number of rotatable bonds is 19. The maximum atomic E-state index is 14.5. The maximum Gasteiger partial charge on any atom is 0.410 e. The van der Waals surface area contributed by atoms with E-state index in [0.29, 0.717) is 38.8 Å². The standard InChI is InChI=1S/C41H60N6O10/c1-7-12-30(36(50)39(53)42-28-17-18-28)43-37(51)31-21-29(57-41(55)46-20-19-26-13-8-9-14-27(26)22-46)23-47(31)40(54)35(25(4)5)45-38(52)34(24(2)3)44-32(48)15-10-11-16-33(49)56-6/h8-9,13-14,24-25,28-31,34-35H,7,10-12,15-23H2,1-6H3,(H,42,53)(H,43,51)(H,44,48)(H,45,52)/t29-,30?,31+,34-,35+/m1/s1. The van der Waals surface area contributed by atoms with E-state index in [4.69, 9.17) is 4.74 Å². The Morgan fingerprint density at radius 3 is 2.16 bits per heavy atom. The Balaban J connectivity index is 1.50. The van der Waals surface area contributed by atoms with Gasteiger partial charge in [0.15, 0.2) is 0 Å². The molecule has 16 nitrogen and oxygen atoms in total. The SMILES string of the molecule is CCCC(NC(=O)[C@@H]1C[C@@H](OC(=O)N2CCc3ccccc3C2)CN1C(=O)[C@@H](NC(=O)[C@H](NC(=O)CCCCC(=O)OC)C(C)C)C(C)C)C(=O)C(=O)NC1CC1. The Morgan fingerprint density at radius 1 is 0.860 bits per heavy atom. The number of nitrogens with zero attached hydrogens (tertiary/aromatic N) is 2. The Kier molecular flexibility index (Phi) is 16.4. The lowest BCUT2D eigenvalue weighted by molar-refractivity contribution is -0.144. The van der Waals surface area contributed by atoms with Gasteiger partial charge in [0, 0.05) is 38.4 Å². The van der Waals surface area contributed by atoms with Crippen LogP contribution in [0.5, 0.6) is 0 Å². The van der Waals surface area contributed by atoms with Crippen molar-refractivity contribution in [1.29, 1.82) is 0 Å². The molecule has 57 heavy (non-hydrogen) atoms. The molecule has 1 aliphatic carbocycles. The zero-order chi connectivity index (χ0) is 41.8. The number of hydrogen-bond acceptors (Lipinski definition) is 10.